The van der Waals surface area contributed by atoms with Gasteiger partial charge in [0.2, 0.25) is 5.95 Å². The smallest absolute Gasteiger partial charge is 0.407 e. The van der Waals surface area contributed by atoms with E-state index in [0.29, 0.717) is 23.9 Å². The summed E-state index contributed by atoms with van der Waals surface area (Å²) in [7, 11) is 0. The van der Waals surface area contributed by atoms with Crippen molar-refractivity contribution < 1.29 is 13.9 Å². The van der Waals surface area contributed by atoms with E-state index in [4.69, 9.17) is 9.72 Å². The van der Waals surface area contributed by atoms with Crippen LogP contribution in [0.15, 0.2) is 42.7 Å². The second kappa shape index (κ2) is 9.32. The van der Waals surface area contributed by atoms with Crippen molar-refractivity contribution in [3.63, 3.8) is 0 Å². The fourth-order valence-electron chi connectivity index (χ4n) is 4.30. The van der Waals surface area contributed by atoms with Crippen LogP contribution in [0.4, 0.5) is 21.0 Å². The molecule has 4 aromatic heterocycles. The van der Waals surface area contributed by atoms with Gasteiger partial charge in [-0.25, -0.2) is 19.2 Å². The van der Waals surface area contributed by atoms with Crippen LogP contribution in [-0.4, -0.2) is 54.0 Å². The van der Waals surface area contributed by atoms with Gasteiger partial charge in [-0.2, -0.15) is 5.10 Å². The Morgan fingerprint density at radius 1 is 1.23 bits per heavy atom. The number of alkyl halides is 1. The van der Waals surface area contributed by atoms with E-state index >= 15 is 0 Å². The zero-order valence-corrected chi connectivity index (χ0v) is 19.7. The average Bonchev–Trinajstić information content (AvgIpc) is 3.52. The number of nitrogens with one attached hydrogen (secondary N) is 3. The lowest BCUT2D eigenvalue weighted by Crippen LogP contribution is -2.35. The molecule has 5 rings (SSSR count). The summed E-state index contributed by atoms with van der Waals surface area (Å²) in [6.45, 7) is 5.56. The molecule has 1 amide bonds. The Balaban J connectivity index is 1.35. The molecule has 0 aromatic carbocycles. The maximum absolute atomic E-state index is 14.6. The van der Waals surface area contributed by atoms with E-state index < -0.39 is 18.4 Å². The second-order valence-electron chi connectivity index (χ2n) is 9.05. The molecule has 0 spiro atoms. The number of halogens is 1. The zero-order valence-electron chi connectivity index (χ0n) is 19.7. The number of ether oxygens (including phenoxy) is 1. The quantitative estimate of drug-likeness (QED) is 0.378. The normalized spacial score (nSPS) is 19.9. The highest BCUT2D eigenvalue weighted by Crippen LogP contribution is 2.38. The lowest BCUT2D eigenvalue weighted by molar-refractivity contribution is 0.0593. The Bertz CT molecular complexity index is 1340. The number of alkyl carbamates (subject to hydrolysis) is 1. The van der Waals surface area contributed by atoms with Crippen LogP contribution in [0.3, 0.4) is 0 Å². The van der Waals surface area contributed by atoms with Crippen LogP contribution in [0.5, 0.6) is 0 Å². The minimum atomic E-state index is -1.23. The summed E-state index contributed by atoms with van der Waals surface area (Å²) in [4.78, 5) is 25.6. The molecule has 1 fully saturated rings. The van der Waals surface area contributed by atoms with E-state index in [2.05, 4.69) is 30.8 Å². The van der Waals surface area contributed by atoms with Crippen LogP contribution in [0.2, 0.25) is 0 Å². The summed E-state index contributed by atoms with van der Waals surface area (Å²) in [6.07, 6.45) is 1.61. The van der Waals surface area contributed by atoms with Gasteiger partial charge in [0.25, 0.3) is 0 Å². The van der Waals surface area contributed by atoms with Crippen molar-refractivity contribution in [2.45, 2.75) is 57.8 Å². The fourth-order valence-corrected chi connectivity index (χ4v) is 4.30. The first-order valence-electron chi connectivity index (χ1n) is 11.6. The number of hydrogen-bond donors (Lipinski definition) is 3. The number of anilines is 2. The molecule has 1 saturated carbocycles. The highest BCUT2D eigenvalue weighted by atomic mass is 19.1. The van der Waals surface area contributed by atoms with Crippen molar-refractivity contribution in [1.82, 2.24) is 34.9 Å². The Morgan fingerprint density at radius 3 is 2.86 bits per heavy atom. The molecular weight excluding hydrogens is 451 g/mol. The predicted octanol–water partition coefficient (Wildman–Crippen LogP) is 4.29. The van der Waals surface area contributed by atoms with Gasteiger partial charge in [0.05, 0.1) is 17.1 Å². The molecule has 1 aliphatic carbocycles. The SMILES string of the molecule is Cc1cn2c(Nc3cc([C@H]4C[C@@H](F)[C@@H](OC(=O)NC(C)C)C4)[nH]n3)nc(-c3ccccn3)cc2n1. The summed E-state index contributed by atoms with van der Waals surface area (Å²) >= 11 is 0. The molecule has 0 aliphatic heterocycles. The summed E-state index contributed by atoms with van der Waals surface area (Å²) in [5.74, 6) is 0.923. The molecule has 3 atom stereocenters. The molecule has 0 saturated heterocycles. The van der Waals surface area contributed by atoms with Crippen LogP contribution in [-0.2, 0) is 4.74 Å². The number of carbonyl (C=O) groups is 1. The Hall–Kier alpha value is -4.02. The molecule has 4 heterocycles. The number of H-pyrrole nitrogens is 1. The minimum Gasteiger partial charge on any atom is -0.443 e. The van der Waals surface area contributed by atoms with Crippen LogP contribution in [0.25, 0.3) is 17.0 Å². The van der Waals surface area contributed by atoms with Gasteiger partial charge in [0.1, 0.15) is 17.9 Å². The van der Waals surface area contributed by atoms with Gasteiger partial charge in [0, 0.05) is 42.2 Å². The van der Waals surface area contributed by atoms with Crippen molar-refractivity contribution in [3.05, 3.63) is 54.1 Å². The maximum atomic E-state index is 14.6. The van der Waals surface area contributed by atoms with Crippen molar-refractivity contribution in [2.24, 2.45) is 0 Å². The molecule has 0 unspecified atom stereocenters. The van der Waals surface area contributed by atoms with E-state index in [-0.39, 0.29) is 18.4 Å². The number of carbonyl (C=O) groups excluding carboxylic acids is 1. The second-order valence-corrected chi connectivity index (χ2v) is 9.05. The molecule has 4 aromatic rings. The topological polar surface area (TPSA) is 122 Å². The first-order valence-corrected chi connectivity index (χ1v) is 11.6. The predicted molar refractivity (Wildman–Crippen MR) is 128 cm³/mol. The van der Waals surface area contributed by atoms with Crippen molar-refractivity contribution >= 4 is 23.5 Å². The highest BCUT2D eigenvalue weighted by Gasteiger charge is 2.38. The Kier molecular flexibility index (Phi) is 6.06. The number of imidazole rings is 1. The fraction of sp³-hybridized carbons (Fsp3) is 0.375. The van der Waals surface area contributed by atoms with Gasteiger partial charge in [-0.15, -0.1) is 0 Å². The molecule has 35 heavy (non-hydrogen) atoms. The van der Waals surface area contributed by atoms with Gasteiger partial charge in [-0.05, 0) is 45.7 Å². The number of aryl methyl sites for hydroxylation is 1. The molecule has 0 bridgehead atoms. The van der Waals surface area contributed by atoms with Crippen molar-refractivity contribution in [3.8, 4) is 11.4 Å². The third-order valence-corrected chi connectivity index (χ3v) is 5.87. The van der Waals surface area contributed by atoms with Gasteiger partial charge in [-0.1, -0.05) is 6.07 Å². The average molecular weight is 479 g/mol. The highest BCUT2D eigenvalue weighted by molar-refractivity contribution is 5.68. The molecule has 3 N–H and O–H groups in total. The Morgan fingerprint density at radius 2 is 2.09 bits per heavy atom. The van der Waals surface area contributed by atoms with Gasteiger partial charge in [-0.3, -0.25) is 14.5 Å². The molecule has 11 heteroatoms. The summed E-state index contributed by atoms with van der Waals surface area (Å²) in [6, 6.07) is 9.28. The number of aromatic amines is 1. The van der Waals surface area contributed by atoms with E-state index in [0.717, 1.165) is 22.7 Å². The number of amides is 1. The van der Waals surface area contributed by atoms with E-state index in [1.54, 1.807) is 6.20 Å². The Labute approximate surface area is 201 Å². The first-order chi connectivity index (χ1) is 16.9. The molecule has 0 radical (unpaired) electrons. The van der Waals surface area contributed by atoms with E-state index in [9.17, 15) is 9.18 Å². The number of fused-ring (bicyclic) bond motifs is 1. The summed E-state index contributed by atoms with van der Waals surface area (Å²) in [5.41, 5.74) is 3.76. The number of nitrogens with zero attached hydrogens (tertiary/aromatic N) is 5. The monoisotopic (exact) mass is 478 g/mol. The zero-order chi connectivity index (χ0) is 24.5. The van der Waals surface area contributed by atoms with E-state index in [1.807, 2.05) is 61.7 Å². The lowest BCUT2D eigenvalue weighted by atomic mass is 10.0. The number of rotatable bonds is 6. The molecule has 10 nitrogen and oxygen atoms in total. The largest absolute Gasteiger partial charge is 0.443 e. The third-order valence-electron chi connectivity index (χ3n) is 5.87. The molecular formula is C24H27FN8O2. The minimum absolute atomic E-state index is 0.0745. The number of pyridine rings is 1. The van der Waals surface area contributed by atoms with Gasteiger partial charge in [0.15, 0.2) is 5.82 Å². The van der Waals surface area contributed by atoms with Crippen molar-refractivity contribution in [2.75, 3.05) is 5.32 Å². The van der Waals surface area contributed by atoms with Crippen molar-refractivity contribution in [1.29, 1.82) is 0 Å². The molecule has 182 valence electrons. The standard InChI is InChI=1S/C24H27FN8O2/c1-13(2)27-24(34)35-20-9-15(8-16(20)25)18-10-21(32-31-18)30-23-29-19(17-6-4-5-7-26-17)11-22-28-14(3)12-33(22)23/h4-7,10-13,15-16,20H,8-9H2,1-3H3,(H,27,34)(H2,29,30,31,32)/t15-,16+,20-/m0/s1. The molecule has 1 aliphatic rings. The third kappa shape index (κ3) is 4.93. The van der Waals surface area contributed by atoms with E-state index in [1.165, 1.54) is 0 Å². The number of aromatic nitrogens is 6. The van der Waals surface area contributed by atoms with Crippen LogP contribution in [0, 0.1) is 6.92 Å². The summed E-state index contributed by atoms with van der Waals surface area (Å²) in [5, 5.41) is 13.2. The lowest BCUT2D eigenvalue weighted by Gasteiger charge is -2.16. The first kappa shape index (κ1) is 22.8. The van der Waals surface area contributed by atoms with Gasteiger partial charge >= 0.3 is 6.09 Å². The maximum Gasteiger partial charge on any atom is 0.407 e. The van der Waals surface area contributed by atoms with Gasteiger partial charge < -0.3 is 15.4 Å². The van der Waals surface area contributed by atoms with Crippen LogP contribution >= 0.6 is 0 Å². The number of hydrogen-bond acceptors (Lipinski definition) is 7. The van der Waals surface area contributed by atoms with Crippen LogP contribution in [0.1, 0.15) is 44.0 Å². The van der Waals surface area contributed by atoms with Crippen LogP contribution < -0.4 is 10.6 Å². The summed E-state index contributed by atoms with van der Waals surface area (Å²) < 4.78 is 21.7.